The summed E-state index contributed by atoms with van der Waals surface area (Å²) < 4.78 is 6.39. The van der Waals surface area contributed by atoms with E-state index in [1.807, 2.05) is 6.07 Å². The van der Waals surface area contributed by atoms with Crippen LogP contribution in [0.5, 0.6) is 11.5 Å². The van der Waals surface area contributed by atoms with Gasteiger partial charge in [-0.1, -0.05) is 105 Å². The minimum absolute atomic E-state index is 0.134. The molecule has 0 aliphatic carbocycles. The van der Waals surface area contributed by atoms with Crippen molar-refractivity contribution < 1.29 is 4.74 Å². The van der Waals surface area contributed by atoms with Crippen molar-refractivity contribution in [3.05, 3.63) is 114 Å². The van der Waals surface area contributed by atoms with Crippen molar-refractivity contribution in [2.24, 2.45) is 0 Å². The molecule has 0 spiro atoms. The number of ether oxygens (including phenoxy) is 1. The lowest BCUT2D eigenvalue weighted by Gasteiger charge is -2.37. The number of hydrogen-bond donors (Lipinski definition) is 0. The van der Waals surface area contributed by atoms with Crippen LogP contribution in [0.25, 0.3) is 0 Å². The lowest BCUT2D eigenvalue weighted by Crippen LogP contribution is -2.33. The van der Waals surface area contributed by atoms with Gasteiger partial charge in [-0.3, -0.25) is 0 Å². The van der Waals surface area contributed by atoms with Gasteiger partial charge in [0.1, 0.15) is 11.5 Å². The molecule has 1 nitrogen and oxygen atoms in total. The van der Waals surface area contributed by atoms with Crippen molar-refractivity contribution in [1.82, 2.24) is 0 Å². The number of hydrogen-bond acceptors (Lipinski definition) is 1. The summed E-state index contributed by atoms with van der Waals surface area (Å²) >= 11 is 0. The van der Waals surface area contributed by atoms with Gasteiger partial charge in [-0.15, -0.1) is 0 Å². The smallest absolute Gasteiger partial charge is 0.132 e. The van der Waals surface area contributed by atoms with Gasteiger partial charge in [0.25, 0.3) is 0 Å². The normalized spacial score (nSPS) is 14.0. The van der Waals surface area contributed by atoms with Gasteiger partial charge in [-0.25, -0.2) is 0 Å². The van der Waals surface area contributed by atoms with Crippen molar-refractivity contribution in [3.63, 3.8) is 0 Å². The monoisotopic (exact) mass is 394 g/mol. The summed E-state index contributed by atoms with van der Waals surface area (Å²) in [5.41, 5.74) is 2.42. The maximum atomic E-state index is 6.39. The lowest BCUT2D eigenvalue weighted by molar-refractivity contribution is 0.420. The van der Waals surface area contributed by atoms with Gasteiger partial charge in [0.2, 0.25) is 0 Å². The van der Waals surface area contributed by atoms with Crippen molar-refractivity contribution in [2.75, 3.05) is 0 Å². The molecule has 0 aromatic heterocycles. The van der Waals surface area contributed by atoms with E-state index in [1.165, 1.54) is 27.0 Å². The Bertz CT molecular complexity index is 1110. The standard InChI is InChI=1S/C27H23OP/c1-27(2)22-16-9-10-17-23(22)28-24-18-11-19-25(26(24)27)29(20-12-5-3-6-13-20)21-14-7-4-8-15-21/h3-19H,1-2H3. The molecule has 0 saturated heterocycles. The fourth-order valence-corrected chi connectivity index (χ4v) is 6.97. The van der Waals surface area contributed by atoms with Crippen LogP contribution >= 0.6 is 7.92 Å². The van der Waals surface area contributed by atoms with Crippen molar-refractivity contribution in [3.8, 4) is 11.5 Å². The van der Waals surface area contributed by atoms with E-state index in [0.29, 0.717) is 0 Å². The zero-order chi connectivity index (χ0) is 19.8. The van der Waals surface area contributed by atoms with Gasteiger partial charge >= 0.3 is 0 Å². The Kier molecular flexibility index (Phi) is 4.49. The summed E-state index contributed by atoms with van der Waals surface area (Å²) in [5, 5.41) is 4.09. The minimum Gasteiger partial charge on any atom is -0.457 e. The Morgan fingerprint density at radius 2 is 1.14 bits per heavy atom. The Morgan fingerprint density at radius 3 is 1.79 bits per heavy atom. The van der Waals surface area contributed by atoms with Crippen LogP contribution in [0.2, 0.25) is 0 Å². The summed E-state index contributed by atoms with van der Waals surface area (Å²) in [6.07, 6.45) is 0. The van der Waals surface area contributed by atoms with Crippen LogP contribution in [-0.2, 0) is 5.41 Å². The van der Waals surface area contributed by atoms with Gasteiger partial charge in [-0.05, 0) is 36.0 Å². The maximum Gasteiger partial charge on any atom is 0.132 e. The van der Waals surface area contributed by atoms with E-state index in [9.17, 15) is 0 Å². The summed E-state index contributed by atoms with van der Waals surface area (Å²) in [6.45, 7) is 4.64. The molecule has 142 valence electrons. The summed E-state index contributed by atoms with van der Waals surface area (Å²) in [4.78, 5) is 0. The molecule has 4 aromatic carbocycles. The first-order valence-corrected chi connectivity index (χ1v) is 11.3. The molecule has 1 aliphatic heterocycles. The molecule has 1 aliphatic rings. The summed E-state index contributed by atoms with van der Waals surface area (Å²) in [5.74, 6) is 1.94. The largest absolute Gasteiger partial charge is 0.457 e. The molecule has 0 N–H and O–H groups in total. The molecule has 0 radical (unpaired) electrons. The van der Waals surface area contributed by atoms with E-state index >= 15 is 0 Å². The minimum atomic E-state index is -0.688. The quantitative estimate of drug-likeness (QED) is 0.395. The molecule has 29 heavy (non-hydrogen) atoms. The Morgan fingerprint density at radius 1 is 0.586 bits per heavy atom. The van der Waals surface area contributed by atoms with Crippen LogP contribution in [-0.4, -0.2) is 0 Å². The fourth-order valence-electron chi connectivity index (χ4n) is 4.33. The lowest BCUT2D eigenvalue weighted by atomic mass is 9.76. The third-order valence-corrected chi connectivity index (χ3v) is 8.16. The highest BCUT2D eigenvalue weighted by atomic mass is 31.1. The predicted octanol–water partition coefficient (Wildman–Crippen LogP) is 5.88. The number of fused-ring (bicyclic) bond motifs is 2. The zero-order valence-electron chi connectivity index (χ0n) is 16.7. The van der Waals surface area contributed by atoms with Crippen LogP contribution in [0.4, 0.5) is 0 Å². The van der Waals surface area contributed by atoms with Crippen molar-refractivity contribution >= 4 is 23.8 Å². The topological polar surface area (TPSA) is 9.23 Å². The van der Waals surface area contributed by atoms with Gasteiger partial charge in [0.15, 0.2) is 0 Å². The third kappa shape index (κ3) is 3.07. The molecule has 0 amide bonds. The van der Waals surface area contributed by atoms with Crippen LogP contribution < -0.4 is 20.7 Å². The molecule has 0 fully saturated rings. The van der Waals surface area contributed by atoms with Crippen LogP contribution in [0.15, 0.2) is 103 Å². The van der Waals surface area contributed by atoms with Gasteiger partial charge in [-0.2, -0.15) is 0 Å². The Hall–Kier alpha value is -2.89. The maximum absolute atomic E-state index is 6.39. The Balaban J connectivity index is 1.77. The Labute approximate surface area is 173 Å². The van der Waals surface area contributed by atoms with Crippen LogP contribution in [0.3, 0.4) is 0 Å². The molecule has 4 aromatic rings. The van der Waals surface area contributed by atoms with E-state index in [0.717, 1.165) is 11.5 Å². The number of rotatable bonds is 3. The van der Waals surface area contributed by atoms with Gasteiger partial charge < -0.3 is 4.74 Å². The fraction of sp³-hybridized carbons (Fsp3) is 0.111. The second-order valence-corrected chi connectivity index (χ2v) is 10.1. The highest BCUT2D eigenvalue weighted by molar-refractivity contribution is 7.79. The first kappa shape index (κ1) is 18.2. The molecule has 0 saturated carbocycles. The van der Waals surface area contributed by atoms with Crippen molar-refractivity contribution in [1.29, 1.82) is 0 Å². The molecular formula is C27H23OP. The molecular weight excluding hydrogens is 371 g/mol. The first-order chi connectivity index (χ1) is 14.2. The molecule has 0 atom stereocenters. The zero-order valence-corrected chi connectivity index (χ0v) is 17.6. The highest BCUT2D eigenvalue weighted by Gasteiger charge is 2.37. The average Bonchev–Trinajstić information content (AvgIpc) is 2.75. The van der Waals surface area contributed by atoms with Crippen LogP contribution in [0, 0.1) is 0 Å². The second-order valence-electron chi connectivity index (χ2n) is 7.88. The van der Waals surface area contributed by atoms with Crippen molar-refractivity contribution in [2.45, 2.75) is 19.3 Å². The van der Waals surface area contributed by atoms with E-state index in [1.54, 1.807) is 0 Å². The van der Waals surface area contributed by atoms with Gasteiger partial charge in [0, 0.05) is 16.5 Å². The summed E-state index contributed by atoms with van der Waals surface area (Å²) in [7, 11) is -0.688. The second kappa shape index (κ2) is 7.17. The third-order valence-electron chi connectivity index (χ3n) is 5.68. The number of benzene rings is 4. The first-order valence-electron chi connectivity index (χ1n) is 9.97. The summed E-state index contributed by atoms with van der Waals surface area (Å²) in [6, 6.07) is 36.7. The van der Waals surface area contributed by atoms with E-state index < -0.39 is 7.92 Å². The van der Waals surface area contributed by atoms with E-state index in [2.05, 4.69) is 111 Å². The molecule has 0 bridgehead atoms. The van der Waals surface area contributed by atoms with Crippen LogP contribution in [0.1, 0.15) is 25.0 Å². The predicted molar refractivity (Wildman–Crippen MR) is 124 cm³/mol. The molecule has 5 rings (SSSR count). The van der Waals surface area contributed by atoms with Gasteiger partial charge in [0.05, 0.1) is 0 Å². The average molecular weight is 394 g/mol. The van der Waals surface area contributed by atoms with E-state index in [-0.39, 0.29) is 5.41 Å². The molecule has 2 heteroatoms. The van der Waals surface area contributed by atoms with E-state index in [4.69, 9.17) is 4.74 Å². The number of para-hydroxylation sites is 1. The highest BCUT2D eigenvalue weighted by Crippen LogP contribution is 2.50. The molecule has 1 heterocycles. The molecule has 0 unspecified atom stereocenters. The SMILES string of the molecule is CC1(C)c2ccccc2Oc2cccc(P(c3ccccc3)c3ccccc3)c21.